The predicted molar refractivity (Wildman–Crippen MR) is 84.3 cm³/mol. The molecule has 3 N–H and O–H groups in total. The summed E-state index contributed by atoms with van der Waals surface area (Å²) in [5.74, 6) is 0.122. The standard InChI is InChI=1S/C17H28N2O/c1-17(2,3)13-15(14-9-5-4-6-10-14)19-16(20)11-7-8-12-18/h4-6,9-10,15H,7-8,11-13,18H2,1-3H3,(H,19,20). The Balaban J connectivity index is 2.66. The highest BCUT2D eigenvalue weighted by molar-refractivity contribution is 5.76. The minimum Gasteiger partial charge on any atom is -0.349 e. The van der Waals surface area contributed by atoms with Crippen molar-refractivity contribution in [1.82, 2.24) is 5.32 Å². The van der Waals surface area contributed by atoms with Crippen LogP contribution in [0.15, 0.2) is 30.3 Å². The van der Waals surface area contributed by atoms with E-state index in [1.807, 2.05) is 18.2 Å². The van der Waals surface area contributed by atoms with Gasteiger partial charge in [-0.25, -0.2) is 0 Å². The predicted octanol–water partition coefficient (Wildman–Crippen LogP) is 3.41. The van der Waals surface area contributed by atoms with Crippen LogP contribution in [0.2, 0.25) is 0 Å². The van der Waals surface area contributed by atoms with Gasteiger partial charge in [-0.15, -0.1) is 0 Å². The number of nitrogens with one attached hydrogen (secondary N) is 1. The van der Waals surface area contributed by atoms with Crippen LogP contribution in [-0.4, -0.2) is 12.5 Å². The average molecular weight is 276 g/mol. The van der Waals surface area contributed by atoms with Crippen LogP contribution < -0.4 is 11.1 Å². The quantitative estimate of drug-likeness (QED) is 0.750. The smallest absolute Gasteiger partial charge is 0.220 e. The first kappa shape index (κ1) is 16.7. The molecule has 0 fully saturated rings. The lowest BCUT2D eigenvalue weighted by Gasteiger charge is -2.27. The largest absolute Gasteiger partial charge is 0.349 e. The molecule has 0 aliphatic carbocycles. The van der Waals surface area contributed by atoms with Gasteiger partial charge in [0.15, 0.2) is 0 Å². The van der Waals surface area contributed by atoms with Gasteiger partial charge in [0.1, 0.15) is 0 Å². The normalized spacial score (nSPS) is 13.0. The molecule has 1 unspecified atom stereocenters. The zero-order valence-electron chi connectivity index (χ0n) is 13.0. The van der Waals surface area contributed by atoms with E-state index in [0.717, 1.165) is 19.3 Å². The van der Waals surface area contributed by atoms with Gasteiger partial charge >= 0.3 is 0 Å². The van der Waals surface area contributed by atoms with Gasteiger partial charge in [0.05, 0.1) is 6.04 Å². The van der Waals surface area contributed by atoms with Crippen LogP contribution in [0.3, 0.4) is 0 Å². The van der Waals surface area contributed by atoms with Crippen LogP contribution in [0, 0.1) is 5.41 Å². The molecule has 0 radical (unpaired) electrons. The molecule has 1 amide bonds. The molecule has 3 nitrogen and oxygen atoms in total. The van der Waals surface area contributed by atoms with E-state index in [9.17, 15) is 4.79 Å². The Morgan fingerprint density at radius 2 is 1.85 bits per heavy atom. The summed E-state index contributed by atoms with van der Waals surface area (Å²) in [5.41, 5.74) is 6.81. The Labute approximate surface area is 122 Å². The van der Waals surface area contributed by atoms with Crippen molar-refractivity contribution in [2.24, 2.45) is 11.1 Å². The SMILES string of the molecule is CC(C)(C)CC(NC(=O)CCCCN)c1ccccc1. The summed E-state index contributed by atoms with van der Waals surface area (Å²) in [7, 11) is 0. The molecule has 0 spiro atoms. The maximum absolute atomic E-state index is 12.0. The minimum absolute atomic E-state index is 0.0848. The van der Waals surface area contributed by atoms with Crippen molar-refractivity contribution in [3.05, 3.63) is 35.9 Å². The molecule has 0 aliphatic heterocycles. The molecule has 0 saturated heterocycles. The first-order valence-electron chi connectivity index (χ1n) is 7.47. The highest BCUT2D eigenvalue weighted by atomic mass is 16.1. The van der Waals surface area contributed by atoms with E-state index in [4.69, 9.17) is 5.73 Å². The van der Waals surface area contributed by atoms with Gasteiger partial charge in [-0.3, -0.25) is 4.79 Å². The molecule has 0 saturated carbocycles. The van der Waals surface area contributed by atoms with Crippen molar-refractivity contribution in [3.63, 3.8) is 0 Å². The molecule has 1 atom stereocenters. The Morgan fingerprint density at radius 3 is 2.40 bits per heavy atom. The number of carbonyl (C=O) groups excluding carboxylic acids is 1. The average Bonchev–Trinajstić information content (AvgIpc) is 2.38. The number of nitrogens with two attached hydrogens (primary N) is 1. The molecule has 112 valence electrons. The Bertz CT molecular complexity index is 395. The molecule has 1 aromatic rings. The summed E-state index contributed by atoms with van der Waals surface area (Å²) in [4.78, 5) is 12.0. The highest BCUT2D eigenvalue weighted by Crippen LogP contribution is 2.29. The maximum atomic E-state index is 12.0. The number of carbonyl (C=O) groups is 1. The summed E-state index contributed by atoms with van der Waals surface area (Å²) in [6.07, 6.45) is 3.26. The van der Waals surface area contributed by atoms with Gasteiger partial charge < -0.3 is 11.1 Å². The summed E-state index contributed by atoms with van der Waals surface area (Å²) >= 11 is 0. The van der Waals surface area contributed by atoms with Gasteiger partial charge in [-0.1, -0.05) is 51.1 Å². The monoisotopic (exact) mass is 276 g/mol. The Kier molecular flexibility index (Phi) is 6.73. The number of amides is 1. The second-order valence-corrected chi connectivity index (χ2v) is 6.54. The summed E-state index contributed by atoms with van der Waals surface area (Å²) in [6.45, 7) is 7.24. The van der Waals surface area contributed by atoms with Gasteiger partial charge in [-0.2, -0.15) is 0 Å². The van der Waals surface area contributed by atoms with Crippen molar-refractivity contribution in [2.45, 2.75) is 52.5 Å². The van der Waals surface area contributed by atoms with Gasteiger partial charge in [0.2, 0.25) is 5.91 Å². The maximum Gasteiger partial charge on any atom is 0.220 e. The van der Waals surface area contributed by atoms with Crippen LogP contribution >= 0.6 is 0 Å². The molecule has 0 bridgehead atoms. The fraction of sp³-hybridized carbons (Fsp3) is 0.588. The molecule has 0 aliphatic rings. The van der Waals surface area contributed by atoms with Crippen LogP contribution in [-0.2, 0) is 4.79 Å². The third-order valence-corrected chi connectivity index (χ3v) is 3.21. The van der Waals surface area contributed by atoms with E-state index in [1.165, 1.54) is 5.56 Å². The first-order chi connectivity index (χ1) is 9.42. The van der Waals surface area contributed by atoms with Crippen molar-refractivity contribution in [2.75, 3.05) is 6.54 Å². The molecule has 0 heterocycles. The van der Waals surface area contributed by atoms with Crippen LogP contribution in [0.25, 0.3) is 0 Å². The topological polar surface area (TPSA) is 55.1 Å². The zero-order valence-corrected chi connectivity index (χ0v) is 13.0. The fourth-order valence-electron chi connectivity index (χ4n) is 2.25. The third kappa shape index (κ3) is 6.71. The number of hydrogen-bond acceptors (Lipinski definition) is 2. The van der Waals surface area contributed by atoms with Crippen LogP contribution in [0.1, 0.15) is 58.1 Å². The molecule has 0 aromatic heterocycles. The first-order valence-corrected chi connectivity index (χ1v) is 7.47. The van der Waals surface area contributed by atoms with E-state index < -0.39 is 0 Å². The van der Waals surface area contributed by atoms with Crippen molar-refractivity contribution < 1.29 is 4.79 Å². The molecule has 1 rings (SSSR count). The van der Waals surface area contributed by atoms with E-state index in [1.54, 1.807) is 0 Å². The number of rotatable bonds is 7. The van der Waals surface area contributed by atoms with Crippen molar-refractivity contribution >= 4 is 5.91 Å². The lowest BCUT2D eigenvalue weighted by atomic mass is 9.85. The Hall–Kier alpha value is -1.35. The molecule has 20 heavy (non-hydrogen) atoms. The molecular formula is C17H28N2O. The van der Waals surface area contributed by atoms with E-state index in [0.29, 0.717) is 13.0 Å². The summed E-state index contributed by atoms with van der Waals surface area (Å²) in [6, 6.07) is 10.3. The van der Waals surface area contributed by atoms with Gasteiger partial charge in [0.25, 0.3) is 0 Å². The third-order valence-electron chi connectivity index (χ3n) is 3.21. The number of hydrogen-bond donors (Lipinski definition) is 2. The zero-order chi connectivity index (χ0) is 15.0. The van der Waals surface area contributed by atoms with Gasteiger partial charge in [0, 0.05) is 6.42 Å². The second-order valence-electron chi connectivity index (χ2n) is 6.54. The van der Waals surface area contributed by atoms with E-state index in [2.05, 4.69) is 38.2 Å². The number of benzene rings is 1. The van der Waals surface area contributed by atoms with Gasteiger partial charge in [-0.05, 0) is 36.8 Å². The highest BCUT2D eigenvalue weighted by Gasteiger charge is 2.21. The number of unbranched alkanes of at least 4 members (excludes halogenated alkanes) is 1. The van der Waals surface area contributed by atoms with Crippen molar-refractivity contribution in [3.8, 4) is 0 Å². The van der Waals surface area contributed by atoms with E-state index in [-0.39, 0.29) is 17.4 Å². The fourth-order valence-corrected chi connectivity index (χ4v) is 2.25. The Morgan fingerprint density at radius 1 is 1.20 bits per heavy atom. The lowest BCUT2D eigenvalue weighted by molar-refractivity contribution is -0.122. The second kappa shape index (κ2) is 8.05. The molecular weight excluding hydrogens is 248 g/mol. The molecule has 1 aromatic carbocycles. The summed E-state index contributed by atoms with van der Waals surface area (Å²) in [5, 5.41) is 3.17. The van der Waals surface area contributed by atoms with Crippen LogP contribution in [0.5, 0.6) is 0 Å². The summed E-state index contributed by atoms with van der Waals surface area (Å²) < 4.78 is 0. The van der Waals surface area contributed by atoms with Crippen LogP contribution in [0.4, 0.5) is 0 Å². The molecule has 3 heteroatoms. The lowest BCUT2D eigenvalue weighted by Crippen LogP contribution is -2.31. The van der Waals surface area contributed by atoms with Crippen molar-refractivity contribution in [1.29, 1.82) is 0 Å². The minimum atomic E-state index is 0.0848. The van der Waals surface area contributed by atoms with E-state index >= 15 is 0 Å².